The van der Waals surface area contributed by atoms with Gasteiger partial charge in [-0.15, -0.1) is 0 Å². The van der Waals surface area contributed by atoms with Crippen LogP contribution < -0.4 is 20.3 Å². The molecule has 2 heterocycles. The van der Waals surface area contributed by atoms with Gasteiger partial charge in [-0.1, -0.05) is 0 Å². The van der Waals surface area contributed by atoms with Crippen LogP contribution in [-0.4, -0.2) is 65.8 Å². The van der Waals surface area contributed by atoms with E-state index in [1.54, 1.807) is 18.5 Å². The summed E-state index contributed by atoms with van der Waals surface area (Å²) in [6, 6.07) is 8.42. The van der Waals surface area contributed by atoms with Gasteiger partial charge in [0, 0.05) is 31.0 Å². The number of hydrogen-bond donors (Lipinski definition) is 5. The Morgan fingerprint density at radius 2 is 1.82 bits per heavy atom. The minimum atomic E-state index is -4.26. The summed E-state index contributed by atoms with van der Waals surface area (Å²) in [5.74, 6) is -2.69. The third-order valence-electron chi connectivity index (χ3n) is 6.09. The molecule has 1 unspecified atom stereocenters. The monoisotopic (exact) mass is 558 g/mol. The zero-order chi connectivity index (χ0) is 28.0. The fraction of sp³-hybridized carbons (Fsp3) is 0.280. The molecule has 1 fully saturated rings. The highest BCUT2D eigenvalue weighted by Crippen LogP contribution is 2.28. The number of halogens is 1. The average molecular weight is 559 g/mol. The Bertz CT molecular complexity index is 1420. The van der Waals surface area contributed by atoms with Crippen LogP contribution in [0.1, 0.15) is 29.6 Å². The molecule has 0 spiro atoms. The van der Waals surface area contributed by atoms with Crippen LogP contribution in [0.15, 0.2) is 65.8 Å². The number of amides is 1. The number of aliphatic carboxylic acids is 1. The van der Waals surface area contributed by atoms with Gasteiger partial charge in [0.15, 0.2) is 0 Å². The maximum absolute atomic E-state index is 15.2. The number of phenolic OH excluding ortho intramolecular Hbond substituents is 1. The highest BCUT2D eigenvalue weighted by Gasteiger charge is 2.28. The van der Waals surface area contributed by atoms with Crippen LogP contribution in [0.2, 0.25) is 0 Å². The first-order valence-electron chi connectivity index (χ1n) is 12.1. The largest absolute Gasteiger partial charge is 0.508 e. The Hall–Kier alpha value is -4.30. The molecule has 2 aromatic carbocycles. The van der Waals surface area contributed by atoms with E-state index >= 15 is 4.39 Å². The van der Waals surface area contributed by atoms with Crippen LogP contribution in [0.5, 0.6) is 5.75 Å². The Morgan fingerprint density at radius 3 is 2.49 bits per heavy atom. The van der Waals surface area contributed by atoms with Crippen molar-refractivity contribution in [2.24, 2.45) is 0 Å². The van der Waals surface area contributed by atoms with Crippen molar-refractivity contribution in [2.45, 2.75) is 36.4 Å². The van der Waals surface area contributed by atoms with Gasteiger partial charge >= 0.3 is 5.97 Å². The summed E-state index contributed by atoms with van der Waals surface area (Å²) in [5.41, 5.74) is 0.222. The fourth-order valence-electron chi connectivity index (χ4n) is 4.13. The van der Waals surface area contributed by atoms with Crippen molar-refractivity contribution in [2.75, 3.05) is 23.3 Å². The van der Waals surface area contributed by atoms with E-state index in [1.165, 1.54) is 12.1 Å². The zero-order valence-corrected chi connectivity index (χ0v) is 21.4. The molecule has 0 bridgehead atoms. The Balaban J connectivity index is 1.42. The number of carbonyl (C=O) groups is 2. The molecule has 206 valence electrons. The Kier molecular flexibility index (Phi) is 8.56. The van der Waals surface area contributed by atoms with E-state index < -0.39 is 40.3 Å². The lowest BCUT2D eigenvalue weighted by Crippen LogP contribution is -2.48. The number of carbonyl (C=O) groups excluding carboxylic acids is 1. The number of nitrogens with one attached hydrogen (secondary N) is 3. The summed E-state index contributed by atoms with van der Waals surface area (Å²) < 4.78 is 42.2. The van der Waals surface area contributed by atoms with Crippen LogP contribution >= 0.6 is 0 Å². The van der Waals surface area contributed by atoms with Gasteiger partial charge in [0.2, 0.25) is 16.0 Å². The number of piperidine rings is 1. The number of anilines is 2. The van der Waals surface area contributed by atoms with E-state index in [0.717, 1.165) is 49.6 Å². The molecule has 5 N–H and O–H groups in total. The SMILES string of the molecule is O=C(NC[C@H](NS(=O)(=O)c1ccc(O)cc1)C(=O)O)c1ccc(N2CCCCC2Nc2ncccn2)c(F)c1. The molecule has 3 aromatic rings. The van der Waals surface area contributed by atoms with E-state index in [0.29, 0.717) is 12.5 Å². The maximum Gasteiger partial charge on any atom is 0.323 e. The lowest BCUT2D eigenvalue weighted by molar-refractivity contribution is -0.138. The second kappa shape index (κ2) is 12.0. The van der Waals surface area contributed by atoms with Crippen LogP contribution in [0.4, 0.5) is 16.0 Å². The molecule has 1 saturated heterocycles. The van der Waals surface area contributed by atoms with Crippen LogP contribution in [0, 0.1) is 5.82 Å². The number of hydrogen-bond acceptors (Lipinski definition) is 9. The normalized spacial score (nSPS) is 16.3. The summed E-state index contributed by atoms with van der Waals surface area (Å²) in [4.78, 5) is 34.2. The lowest BCUT2D eigenvalue weighted by Gasteiger charge is -2.38. The Labute approximate surface area is 224 Å². The van der Waals surface area contributed by atoms with Crippen molar-refractivity contribution < 1.29 is 32.6 Å². The third-order valence-corrected chi connectivity index (χ3v) is 7.58. The number of nitrogens with zero attached hydrogens (tertiary/aromatic N) is 3. The number of carboxylic acid groups (broad SMARTS) is 1. The summed E-state index contributed by atoms with van der Waals surface area (Å²) in [6.07, 6.45) is 5.47. The van der Waals surface area contributed by atoms with Crippen molar-refractivity contribution in [3.63, 3.8) is 0 Å². The molecule has 2 atom stereocenters. The van der Waals surface area contributed by atoms with Crippen LogP contribution in [0.25, 0.3) is 0 Å². The van der Waals surface area contributed by atoms with Crippen molar-refractivity contribution >= 4 is 33.5 Å². The standard InChI is InChI=1S/C25H27FN6O6S/c26-19-14-16(5-10-21(19)32-13-2-1-4-22(32)30-25-27-11-3-12-28-25)23(34)29-15-20(24(35)36)31-39(37,38)18-8-6-17(33)7-9-18/h3,5-12,14,20,22,31,33H,1-2,4,13,15H2,(H,29,34)(H,35,36)(H,27,28,30)/t20-,22?/m0/s1. The van der Waals surface area contributed by atoms with Gasteiger partial charge in [-0.2, -0.15) is 4.72 Å². The number of benzene rings is 2. The minimum Gasteiger partial charge on any atom is -0.508 e. The molecule has 1 amide bonds. The quantitative estimate of drug-likeness (QED) is 0.247. The number of sulfonamides is 1. The molecule has 12 nitrogen and oxygen atoms in total. The third kappa shape index (κ3) is 6.97. The van der Waals surface area contributed by atoms with Gasteiger partial charge in [-0.25, -0.2) is 22.8 Å². The van der Waals surface area contributed by atoms with Crippen LogP contribution in [0.3, 0.4) is 0 Å². The first-order valence-corrected chi connectivity index (χ1v) is 13.5. The van der Waals surface area contributed by atoms with Gasteiger partial charge < -0.3 is 25.7 Å². The highest BCUT2D eigenvalue weighted by molar-refractivity contribution is 7.89. The van der Waals surface area contributed by atoms with E-state index in [9.17, 15) is 28.2 Å². The number of aromatic nitrogens is 2. The summed E-state index contributed by atoms with van der Waals surface area (Å²) >= 11 is 0. The second-order valence-corrected chi connectivity index (χ2v) is 10.5. The zero-order valence-electron chi connectivity index (χ0n) is 20.6. The minimum absolute atomic E-state index is 0.0605. The smallest absolute Gasteiger partial charge is 0.323 e. The molecular formula is C25H27FN6O6S. The van der Waals surface area contributed by atoms with Crippen LogP contribution in [-0.2, 0) is 14.8 Å². The Morgan fingerprint density at radius 1 is 1.10 bits per heavy atom. The molecule has 0 aliphatic carbocycles. The number of phenols is 1. The molecule has 0 radical (unpaired) electrons. The lowest BCUT2D eigenvalue weighted by atomic mass is 10.1. The second-order valence-electron chi connectivity index (χ2n) is 8.80. The number of carboxylic acids is 1. The first-order chi connectivity index (χ1) is 18.6. The summed E-state index contributed by atoms with van der Waals surface area (Å²) in [6.45, 7) is -0.0154. The van der Waals surface area contributed by atoms with Gasteiger partial charge in [-0.3, -0.25) is 9.59 Å². The van der Waals surface area contributed by atoms with E-state index in [4.69, 9.17) is 0 Å². The van der Waals surface area contributed by atoms with Gasteiger partial charge in [0.1, 0.15) is 23.8 Å². The number of aromatic hydroxyl groups is 1. The maximum atomic E-state index is 15.2. The molecular weight excluding hydrogens is 531 g/mol. The van der Waals surface area contributed by atoms with Crippen molar-refractivity contribution in [1.29, 1.82) is 0 Å². The van der Waals surface area contributed by atoms with E-state index in [1.807, 2.05) is 9.62 Å². The predicted molar refractivity (Wildman–Crippen MR) is 139 cm³/mol. The molecule has 14 heteroatoms. The van der Waals surface area contributed by atoms with E-state index in [2.05, 4.69) is 20.6 Å². The van der Waals surface area contributed by atoms with Crippen molar-refractivity contribution in [3.05, 3.63) is 72.3 Å². The molecule has 0 saturated carbocycles. The van der Waals surface area contributed by atoms with Gasteiger partial charge in [0.25, 0.3) is 5.91 Å². The molecule has 1 aliphatic rings. The average Bonchev–Trinajstić information content (AvgIpc) is 2.92. The first kappa shape index (κ1) is 27.7. The van der Waals surface area contributed by atoms with Gasteiger partial charge in [-0.05, 0) is 67.8 Å². The predicted octanol–water partition coefficient (Wildman–Crippen LogP) is 1.91. The van der Waals surface area contributed by atoms with Gasteiger partial charge in [0.05, 0.1) is 10.6 Å². The fourth-order valence-corrected chi connectivity index (χ4v) is 5.32. The number of rotatable bonds is 10. The summed E-state index contributed by atoms with van der Waals surface area (Å²) in [7, 11) is -4.26. The molecule has 1 aromatic heterocycles. The summed E-state index contributed by atoms with van der Waals surface area (Å²) in [5, 5.41) is 24.3. The molecule has 1 aliphatic heterocycles. The topological polar surface area (TPSA) is 174 Å². The highest BCUT2D eigenvalue weighted by atomic mass is 32.2. The van der Waals surface area contributed by atoms with Crippen molar-refractivity contribution in [3.8, 4) is 5.75 Å². The van der Waals surface area contributed by atoms with Crippen molar-refractivity contribution in [1.82, 2.24) is 20.0 Å². The van der Waals surface area contributed by atoms with E-state index in [-0.39, 0.29) is 28.1 Å². The molecule has 4 rings (SSSR count). The molecule has 39 heavy (non-hydrogen) atoms.